The molecule has 3 heteroatoms. The van der Waals surface area contributed by atoms with Crippen molar-refractivity contribution in [3.05, 3.63) is 23.9 Å². The predicted octanol–water partition coefficient (Wildman–Crippen LogP) is 2.37. The van der Waals surface area contributed by atoms with E-state index >= 15 is 0 Å². The lowest BCUT2D eigenvalue weighted by Gasteiger charge is -2.13. The van der Waals surface area contributed by atoms with Gasteiger partial charge in [0, 0.05) is 24.3 Å². The molecule has 0 amide bonds. The average Bonchev–Trinajstić information content (AvgIpc) is 3.00. The predicted molar refractivity (Wildman–Crippen MR) is 60.6 cm³/mol. The van der Waals surface area contributed by atoms with Crippen molar-refractivity contribution in [3.63, 3.8) is 0 Å². The van der Waals surface area contributed by atoms with Crippen LogP contribution >= 0.6 is 0 Å². The number of hydrogen-bond acceptors (Lipinski definition) is 3. The highest BCUT2D eigenvalue weighted by Gasteiger charge is 2.25. The monoisotopic (exact) mass is 219 g/mol. The SMILES string of the molecule is c1cnc(OCC2CC2)c(C2CCOC2)c1. The van der Waals surface area contributed by atoms with E-state index in [1.54, 1.807) is 0 Å². The van der Waals surface area contributed by atoms with Crippen LogP contribution in [0.4, 0.5) is 0 Å². The number of pyridine rings is 1. The highest BCUT2D eigenvalue weighted by molar-refractivity contribution is 5.30. The van der Waals surface area contributed by atoms with Gasteiger partial charge in [-0.2, -0.15) is 0 Å². The Morgan fingerprint density at radius 3 is 3.06 bits per heavy atom. The number of aromatic nitrogens is 1. The third kappa shape index (κ3) is 2.19. The molecule has 16 heavy (non-hydrogen) atoms. The van der Waals surface area contributed by atoms with Gasteiger partial charge in [-0.15, -0.1) is 0 Å². The Morgan fingerprint density at radius 1 is 1.38 bits per heavy atom. The van der Waals surface area contributed by atoms with Gasteiger partial charge < -0.3 is 9.47 Å². The molecule has 1 aliphatic heterocycles. The molecule has 2 aliphatic rings. The van der Waals surface area contributed by atoms with Gasteiger partial charge >= 0.3 is 0 Å². The van der Waals surface area contributed by atoms with Crippen LogP contribution < -0.4 is 4.74 Å². The van der Waals surface area contributed by atoms with E-state index in [-0.39, 0.29) is 0 Å². The minimum Gasteiger partial charge on any atom is -0.477 e. The number of hydrogen-bond donors (Lipinski definition) is 0. The van der Waals surface area contributed by atoms with Crippen LogP contribution in [0.1, 0.15) is 30.7 Å². The molecule has 0 bridgehead atoms. The van der Waals surface area contributed by atoms with Crippen molar-refractivity contribution in [2.45, 2.75) is 25.2 Å². The number of ether oxygens (including phenoxy) is 2. The molecule has 1 aliphatic carbocycles. The molecule has 1 aromatic rings. The fourth-order valence-corrected chi connectivity index (χ4v) is 2.10. The van der Waals surface area contributed by atoms with Gasteiger partial charge in [0.25, 0.3) is 0 Å². The average molecular weight is 219 g/mol. The summed E-state index contributed by atoms with van der Waals surface area (Å²) in [6.45, 7) is 2.50. The lowest BCUT2D eigenvalue weighted by molar-refractivity contribution is 0.193. The van der Waals surface area contributed by atoms with E-state index in [4.69, 9.17) is 9.47 Å². The van der Waals surface area contributed by atoms with Gasteiger partial charge in [-0.3, -0.25) is 0 Å². The second-order valence-electron chi connectivity index (χ2n) is 4.71. The zero-order chi connectivity index (χ0) is 10.8. The summed E-state index contributed by atoms with van der Waals surface area (Å²) < 4.78 is 11.2. The van der Waals surface area contributed by atoms with Crippen molar-refractivity contribution in [3.8, 4) is 5.88 Å². The van der Waals surface area contributed by atoms with E-state index in [0.717, 1.165) is 38.0 Å². The van der Waals surface area contributed by atoms with E-state index in [1.807, 2.05) is 12.3 Å². The number of rotatable bonds is 4. The molecule has 0 radical (unpaired) electrons. The summed E-state index contributed by atoms with van der Waals surface area (Å²) in [6.07, 6.45) is 5.52. The third-order valence-corrected chi connectivity index (χ3v) is 3.32. The molecule has 0 aromatic carbocycles. The fourth-order valence-electron chi connectivity index (χ4n) is 2.10. The maximum atomic E-state index is 5.81. The molecule has 3 nitrogen and oxygen atoms in total. The van der Waals surface area contributed by atoms with E-state index in [2.05, 4.69) is 11.1 Å². The Morgan fingerprint density at radius 2 is 2.31 bits per heavy atom. The largest absolute Gasteiger partial charge is 0.477 e. The van der Waals surface area contributed by atoms with E-state index in [9.17, 15) is 0 Å². The Hall–Kier alpha value is -1.09. The van der Waals surface area contributed by atoms with Crippen molar-refractivity contribution < 1.29 is 9.47 Å². The van der Waals surface area contributed by atoms with Gasteiger partial charge in [0.2, 0.25) is 5.88 Å². The Bertz CT molecular complexity index is 357. The quantitative estimate of drug-likeness (QED) is 0.779. The summed E-state index contributed by atoms with van der Waals surface area (Å²) in [5.41, 5.74) is 1.22. The lowest BCUT2D eigenvalue weighted by Crippen LogP contribution is -2.06. The minimum absolute atomic E-state index is 0.475. The van der Waals surface area contributed by atoms with Crippen LogP contribution in [-0.4, -0.2) is 24.8 Å². The van der Waals surface area contributed by atoms with Crippen LogP contribution in [0.5, 0.6) is 5.88 Å². The second kappa shape index (κ2) is 4.42. The molecule has 1 unspecified atom stereocenters. The first-order chi connectivity index (χ1) is 7.93. The van der Waals surface area contributed by atoms with Crippen LogP contribution in [0, 0.1) is 5.92 Å². The molecule has 2 fully saturated rings. The molecular weight excluding hydrogens is 202 g/mol. The molecular formula is C13H17NO2. The zero-order valence-corrected chi connectivity index (χ0v) is 9.39. The van der Waals surface area contributed by atoms with Crippen LogP contribution in [0.15, 0.2) is 18.3 Å². The molecule has 0 spiro atoms. The first kappa shape index (κ1) is 10.1. The maximum Gasteiger partial charge on any atom is 0.216 e. The van der Waals surface area contributed by atoms with Gasteiger partial charge in [-0.1, -0.05) is 6.07 Å². The van der Waals surface area contributed by atoms with E-state index < -0.39 is 0 Å². The molecule has 0 N–H and O–H groups in total. The Balaban J connectivity index is 1.73. The van der Waals surface area contributed by atoms with Gasteiger partial charge in [0.05, 0.1) is 13.2 Å². The minimum atomic E-state index is 0.475. The molecule has 86 valence electrons. The first-order valence-electron chi connectivity index (χ1n) is 6.09. The van der Waals surface area contributed by atoms with Gasteiger partial charge in [0.1, 0.15) is 0 Å². The Labute approximate surface area is 95.8 Å². The topological polar surface area (TPSA) is 31.4 Å². The Kier molecular flexibility index (Phi) is 2.79. The highest BCUT2D eigenvalue weighted by atomic mass is 16.5. The van der Waals surface area contributed by atoms with Crippen molar-refractivity contribution in [2.75, 3.05) is 19.8 Å². The van der Waals surface area contributed by atoms with Crippen molar-refractivity contribution in [2.24, 2.45) is 5.92 Å². The summed E-state index contributed by atoms with van der Waals surface area (Å²) in [7, 11) is 0. The second-order valence-corrected chi connectivity index (χ2v) is 4.71. The van der Waals surface area contributed by atoms with E-state index in [1.165, 1.54) is 18.4 Å². The van der Waals surface area contributed by atoms with Gasteiger partial charge in [-0.25, -0.2) is 4.98 Å². The normalized spacial score (nSPS) is 24.6. The highest BCUT2D eigenvalue weighted by Crippen LogP contribution is 2.33. The standard InChI is InChI=1S/C13H17NO2/c1-2-12(11-5-7-15-9-11)13(14-6-1)16-8-10-3-4-10/h1-2,6,10-11H,3-5,7-9H2. The summed E-state index contributed by atoms with van der Waals surface area (Å²) in [6, 6.07) is 4.10. The zero-order valence-electron chi connectivity index (χ0n) is 9.39. The molecule has 1 atom stereocenters. The number of nitrogens with zero attached hydrogens (tertiary/aromatic N) is 1. The van der Waals surface area contributed by atoms with Crippen molar-refractivity contribution in [1.82, 2.24) is 4.98 Å². The smallest absolute Gasteiger partial charge is 0.216 e. The van der Waals surface area contributed by atoms with Gasteiger partial charge in [0.15, 0.2) is 0 Å². The van der Waals surface area contributed by atoms with Crippen LogP contribution in [-0.2, 0) is 4.74 Å². The fraction of sp³-hybridized carbons (Fsp3) is 0.615. The van der Waals surface area contributed by atoms with Crippen LogP contribution in [0.2, 0.25) is 0 Å². The lowest BCUT2D eigenvalue weighted by atomic mass is 10.00. The summed E-state index contributed by atoms with van der Waals surface area (Å²) in [4.78, 5) is 4.35. The molecule has 3 rings (SSSR count). The van der Waals surface area contributed by atoms with Crippen LogP contribution in [0.25, 0.3) is 0 Å². The van der Waals surface area contributed by atoms with Gasteiger partial charge in [-0.05, 0) is 31.2 Å². The molecule has 1 saturated carbocycles. The van der Waals surface area contributed by atoms with Crippen molar-refractivity contribution >= 4 is 0 Å². The molecule has 2 heterocycles. The summed E-state index contributed by atoms with van der Waals surface area (Å²) >= 11 is 0. The van der Waals surface area contributed by atoms with E-state index in [0.29, 0.717) is 5.92 Å². The van der Waals surface area contributed by atoms with Crippen LogP contribution in [0.3, 0.4) is 0 Å². The summed E-state index contributed by atoms with van der Waals surface area (Å²) in [5.74, 6) is 2.07. The summed E-state index contributed by atoms with van der Waals surface area (Å²) in [5, 5.41) is 0. The third-order valence-electron chi connectivity index (χ3n) is 3.32. The molecule has 1 aromatic heterocycles. The van der Waals surface area contributed by atoms with Crippen molar-refractivity contribution in [1.29, 1.82) is 0 Å². The first-order valence-corrected chi connectivity index (χ1v) is 6.09. The molecule has 1 saturated heterocycles. The maximum absolute atomic E-state index is 5.81.